The number of hydrogen-bond acceptors (Lipinski definition) is 4. The molecule has 2 aromatic heterocycles. The van der Waals surface area contributed by atoms with Crippen molar-refractivity contribution in [3.8, 4) is 16.9 Å². The molecule has 0 bridgehead atoms. The van der Waals surface area contributed by atoms with Gasteiger partial charge < -0.3 is 5.32 Å². The van der Waals surface area contributed by atoms with Gasteiger partial charge in [-0.1, -0.05) is 24.3 Å². The SMILES string of the molecule is Cc1nc(C(=O)NCc2ccc(-c3ccn[nH]3)cc2)nn1-c1ccc(F)cc1. The fourth-order valence-corrected chi connectivity index (χ4v) is 2.79. The predicted octanol–water partition coefficient (Wildman–Crippen LogP) is 3.03. The number of amides is 1. The second-order valence-corrected chi connectivity index (χ2v) is 6.22. The Morgan fingerprint density at radius 1 is 1.11 bits per heavy atom. The molecule has 8 heteroatoms. The molecule has 0 aliphatic carbocycles. The van der Waals surface area contributed by atoms with Gasteiger partial charge in [-0.2, -0.15) is 5.10 Å². The fraction of sp³-hybridized carbons (Fsp3) is 0.100. The lowest BCUT2D eigenvalue weighted by molar-refractivity contribution is 0.0940. The van der Waals surface area contributed by atoms with Gasteiger partial charge in [-0.15, -0.1) is 5.10 Å². The van der Waals surface area contributed by atoms with E-state index in [4.69, 9.17) is 0 Å². The summed E-state index contributed by atoms with van der Waals surface area (Å²) in [5, 5.41) is 13.9. The summed E-state index contributed by atoms with van der Waals surface area (Å²) in [5.74, 6) is -0.101. The van der Waals surface area contributed by atoms with Gasteiger partial charge in [0.15, 0.2) is 0 Å². The second-order valence-electron chi connectivity index (χ2n) is 6.22. The molecule has 0 fully saturated rings. The minimum Gasteiger partial charge on any atom is -0.345 e. The molecule has 0 radical (unpaired) electrons. The number of aromatic amines is 1. The number of carbonyl (C=O) groups is 1. The van der Waals surface area contributed by atoms with E-state index in [0.717, 1.165) is 16.8 Å². The molecule has 0 unspecified atom stereocenters. The van der Waals surface area contributed by atoms with Gasteiger partial charge in [-0.3, -0.25) is 9.89 Å². The quantitative estimate of drug-likeness (QED) is 0.560. The van der Waals surface area contributed by atoms with Gasteiger partial charge in [-0.25, -0.2) is 14.1 Å². The van der Waals surface area contributed by atoms with E-state index in [2.05, 4.69) is 25.6 Å². The maximum atomic E-state index is 13.1. The van der Waals surface area contributed by atoms with Crippen molar-refractivity contribution < 1.29 is 9.18 Å². The van der Waals surface area contributed by atoms with Crippen LogP contribution in [0.15, 0.2) is 60.8 Å². The minimum absolute atomic E-state index is 0.0657. The highest BCUT2D eigenvalue weighted by Crippen LogP contribution is 2.16. The lowest BCUT2D eigenvalue weighted by Gasteiger charge is -2.04. The number of hydrogen-bond donors (Lipinski definition) is 2. The molecule has 0 spiro atoms. The molecule has 0 atom stereocenters. The number of nitrogens with one attached hydrogen (secondary N) is 2. The summed E-state index contributed by atoms with van der Waals surface area (Å²) in [7, 11) is 0. The molecule has 0 saturated heterocycles. The second kappa shape index (κ2) is 7.43. The van der Waals surface area contributed by atoms with E-state index in [1.807, 2.05) is 30.3 Å². The van der Waals surface area contributed by atoms with Crippen LogP contribution in [0.5, 0.6) is 0 Å². The van der Waals surface area contributed by atoms with Crippen molar-refractivity contribution in [3.63, 3.8) is 0 Å². The van der Waals surface area contributed by atoms with Crippen molar-refractivity contribution in [2.45, 2.75) is 13.5 Å². The largest absolute Gasteiger partial charge is 0.345 e. The molecule has 0 aliphatic heterocycles. The average molecular weight is 376 g/mol. The third kappa shape index (κ3) is 3.66. The highest BCUT2D eigenvalue weighted by Gasteiger charge is 2.15. The number of H-pyrrole nitrogens is 1. The van der Waals surface area contributed by atoms with E-state index in [1.54, 1.807) is 25.3 Å². The zero-order chi connectivity index (χ0) is 19.5. The Labute approximate surface area is 160 Å². The maximum Gasteiger partial charge on any atom is 0.291 e. The van der Waals surface area contributed by atoms with E-state index < -0.39 is 0 Å². The van der Waals surface area contributed by atoms with Gasteiger partial charge in [0.1, 0.15) is 11.6 Å². The van der Waals surface area contributed by atoms with Crippen LogP contribution >= 0.6 is 0 Å². The van der Waals surface area contributed by atoms with E-state index in [-0.39, 0.29) is 17.5 Å². The zero-order valence-electron chi connectivity index (χ0n) is 15.1. The third-order valence-electron chi connectivity index (χ3n) is 4.26. The fourth-order valence-electron chi connectivity index (χ4n) is 2.79. The number of carbonyl (C=O) groups excluding carboxylic acids is 1. The first-order valence-electron chi connectivity index (χ1n) is 8.66. The summed E-state index contributed by atoms with van der Waals surface area (Å²) < 4.78 is 14.6. The van der Waals surface area contributed by atoms with Crippen LogP contribution in [-0.2, 0) is 6.54 Å². The topological polar surface area (TPSA) is 88.5 Å². The molecule has 7 nitrogen and oxygen atoms in total. The summed E-state index contributed by atoms with van der Waals surface area (Å²) in [6.45, 7) is 2.09. The first kappa shape index (κ1) is 17.6. The molecule has 28 heavy (non-hydrogen) atoms. The summed E-state index contributed by atoms with van der Waals surface area (Å²) in [6, 6.07) is 15.5. The monoisotopic (exact) mass is 376 g/mol. The number of aryl methyl sites for hydroxylation is 1. The average Bonchev–Trinajstić information content (AvgIpc) is 3.37. The Balaban J connectivity index is 1.43. The Hall–Kier alpha value is -3.81. The van der Waals surface area contributed by atoms with Crippen LogP contribution in [0, 0.1) is 12.7 Å². The predicted molar refractivity (Wildman–Crippen MR) is 101 cm³/mol. The molecule has 2 aromatic carbocycles. The van der Waals surface area contributed by atoms with Gasteiger partial charge >= 0.3 is 0 Å². The highest BCUT2D eigenvalue weighted by atomic mass is 19.1. The van der Waals surface area contributed by atoms with Crippen LogP contribution in [0.2, 0.25) is 0 Å². The molecule has 0 saturated carbocycles. The first-order valence-corrected chi connectivity index (χ1v) is 8.66. The molecular weight excluding hydrogens is 359 g/mol. The number of aromatic nitrogens is 5. The summed E-state index contributed by atoms with van der Waals surface area (Å²) in [5.41, 5.74) is 3.54. The van der Waals surface area contributed by atoms with Crippen molar-refractivity contribution in [1.82, 2.24) is 30.3 Å². The lowest BCUT2D eigenvalue weighted by atomic mass is 10.1. The Morgan fingerprint density at radius 3 is 2.54 bits per heavy atom. The van der Waals surface area contributed by atoms with E-state index in [0.29, 0.717) is 18.1 Å². The number of benzene rings is 2. The van der Waals surface area contributed by atoms with Crippen molar-refractivity contribution in [3.05, 3.63) is 83.8 Å². The Morgan fingerprint density at radius 2 is 1.86 bits per heavy atom. The third-order valence-corrected chi connectivity index (χ3v) is 4.26. The molecule has 140 valence electrons. The normalized spacial score (nSPS) is 10.8. The molecule has 4 rings (SSSR count). The van der Waals surface area contributed by atoms with Crippen molar-refractivity contribution >= 4 is 5.91 Å². The highest BCUT2D eigenvalue weighted by molar-refractivity contribution is 5.90. The Kier molecular flexibility index (Phi) is 4.67. The minimum atomic E-state index is -0.374. The summed E-state index contributed by atoms with van der Waals surface area (Å²) in [4.78, 5) is 16.6. The molecular formula is C20H17FN6O. The van der Waals surface area contributed by atoms with Crippen LogP contribution in [-0.4, -0.2) is 30.9 Å². The van der Waals surface area contributed by atoms with Crippen LogP contribution in [0.3, 0.4) is 0 Å². The van der Waals surface area contributed by atoms with E-state index in [9.17, 15) is 9.18 Å². The zero-order valence-corrected chi connectivity index (χ0v) is 15.1. The van der Waals surface area contributed by atoms with Gasteiger partial charge in [0.25, 0.3) is 5.91 Å². The van der Waals surface area contributed by atoms with E-state index in [1.165, 1.54) is 16.8 Å². The smallest absolute Gasteiger partial charge is 0.291 e. The van der Waals surface area contributed by atoms with Crippen LogP contribution in [0.1, 0.15) is 22.0 Å². The van der Waals surface area contributed by atoms with Gasteiger partial charge in [0.05, 0.1) is 11.4 Å². The first-order chi connectivity index (χ1) is 13.6. The van der Waals surface area contributed by atoms with Gasteiger partial charge in [-0.05, 0) is 48.4 Å². The standard InChI is InChI=1S/C20H17FN6O/c1-13-24-19(26-27(13)17-8-6-16(21)7-9-17)20(28)22-12-14-2-4-15(5-3-14)18-10-11-23-25-18/h2-11H,12H2,1H3,(H,22,28)(H,23,25). The molecule has 2 heterocycles. The summed E-state index contributed by atoms with van der Waals surface area (Å²) in [6.07, 6.45) is 1.70. The Bertz CT molecular complexity index is 1080. The van der Waals surface area contributed by atoms with Crippen molar-refractivity contribution in [2.24, 2.45) is 0 Å². The molecule has 0 aliphatic rings. The molecule has 4 aromatic rings. The summed E-state index contributed by atoms with van der Waals surface area (Å²) >= 11 is 0. The van der Waals surface area contributed by atoms with Crippen LogP contribution < -0.4 is 5.32 Å². The lowest BCUT2D eigenvalue weighted by Crippen LogP contribution is -2.24. The van der Waals surface area contributed by atoms with E-state index >= 15 is 0 Å². The van der Waals surface area contributed by atoms with Crippen molar-refractivity contribution in [2.75, 3.05) is 0 Å². The molecule has 1 amide bonds. The van der Waals surface area contributed by atoms with Gasteiger partial charge in [0, 0.05) is 12.7 Å². The number of nitrogens with zero attached hydrogens (tertiary/aromatic N) is 4. The van der Waals surface area contributed by atoms with Crippen LogP contribution in [0.4, 0.5) is 4.39 Å². The van der Waals surface area contributed by atoms with Gasteiger partial charge in [0.2, 0.25) is 5.82 Å². The molecule has 2 N–H and O–H groups in total. The van der Waals surface area contributed by atoms with Crippen molar-refractivity contribution in [1.29, 1.82) is 0 Å². The number of rotatable bonds is 5. The van der Waals surface area contributed by atoms with Crippen LogP contribution in [0.25, 0.3) is 16.9 Å². The maximum absolute atomic E-state index is 13.1. The number of halogens is 1.